The standard InChI is InChI=1S/C17H19F3N4O2S/c18-17(19,20)26-12-3-1-2-10(8-12)13-9-22-16(27-13)23-14-15(25-14)24-6-4-11(21)5-7-24/h1-3,8-9,11,14-15H,4-7,21H2,(H,22,23). The van der Waals surface area contributed by atoms with Crippen LogP contribution in [-0.2, 0) is 4.74 Å². The largest absolute Gasteiger partial charge is 0.573 e. The van der Waals surface area contributed by atoms with Gasteiger partial charge in [-0.25, -0.2) is 4.98 Å². The second-order valence-corrected chi connectivity index (χ2v) is 7.60. The number of halogens is 3. The number of nitrogens with one attached hydrogen (secondary N) is 1. The summed E-state index contributed by atoms with van der Waals surface area (Å²) in [7, 11) is 0. The van der Waals surface area contributed by atoms with Crippen LogP contribution in [0.1, 0.15) is 12.8 Å². The van der Waals surface area contributed by atoms with Gasteiger partial charge in [0.15, 0.2) is 17.6 Å². The lowest BCUT2D eigenvalue weighted by Crippen LogP contribution is -2.42. The van der Waals surface area contributed by atoms with Crippen LogP contribution in [-0.4, -0.2) is 47.8 Å². The molecule has 10 heteroatoms. The fourth-order valence-electron chi connectivity index (χ4n) is 3.10. The number of benzene rings is 1. The molecule has 146 valence electrons. The Balaban J connectivity index is 1.36. The van der Waals surface area contributed by atoms with Crippen molar-refractivity contribution in [3.63, 3.8) is 0 Å². The number of aromatic nitrogens is 1. The number of anilines is 1. The van der Waals surface area contributed by atoms with Crippen LogP contribution in [0, 0.1) is 0 Å². The minimum atomic E-state index is -4.71. The Hall–Kier alpha value is -1.88. The number of piperidine rings is 1. The molecule has 2 unspecified atom stereocenters. The Morgan fingerprint density at radius 3 is 2.81 bits per heavy atom. The molecule has 0 aliphatic carbocycles. The fourth-order valence-corrected chi connectivity index (χ4v) is 3.94. The zero-order chi connectivity index (χ0) is 19.0. The van der Waals surface area contributed by atoms with Gasteiger partial charge in [0.2, 0.25) is 0 Å². The predicted molar refractivity (Wildman–Crippen MR) is 95.3 cm³/mol. The van der Waals surface area contributed by atoms with Gasteiger partial charge in [-0.05, 0) is 30.5 Å². The molecule has 2 saturated heterocycles. The number of likely N-dealkylation sites (tertiary alicyclic amines) is 1. The molecule has 3 heterocycles. The summed E-state index contributed by atoms with van der Waals surface area (Å²) in [4.78, 5) is 7.29. The van der Waals surface area contributed by atoms with E-state index in [2.05, 4.69) is 19.9 Å². The minimum Gasteiger partial charge on any atom is -0.406 e. The van der Waals surface area contributed by atoms with Crippen LogP contribution in [0.15, 0.2) is 30.5 Å². The van der Waals surface area contributed by atoms with Gasteiger partial charge in [-0.2, -0.15) is 0 Å². The van der Waals surface area contributed by atoms with Gasteiger partial charge in [0, 0.05) is 25.3 Å². The number of hydrogen-bond donors (Lipinski definition) is 2. The average molecular weight is 400 g/mol. The summed E-state index contributed by atoms with van der Waals surface area (Å²) < 4.78 is 46.8. The zero-order valence-corrected chi connectivity index (χ0v) is 15.1. The first-order valence-corrected chi connectivity index (χ1v) is 9.43. The Labute approximate surface area is 158 Å². The number of nitrogens with zero attached hydrogens (tertiary/aromatic N) is 2. The molecule has 1 aromatic carbocycles. The van der Waals surface area contributed by atoms with E-state index >= 15 is 0 Å². The molecule has 0 spiro atoms. The minimum absolute atomic E-state index is 0.0216. The molecule has 2 fully saturated rings. The van der Waals surface area contributed by atoms with Crippen molar-refractivity contribution < 1.29 is 22.6 Å². The van der Waals surface area contributed by atoms with Crippen molar-refractivity contribution in [2.24, 2.45) is 5.73 Å². The van der Waals surface area contributed by atoms with Gasteiger partial charge in [0.25, 0.3) is 0 Å². The predicted octanol–water partition coefficient (Wildman–Crippen LogP) is 3.23. The molecule has 2 aliphatic rings. The van der Waals surface area contributed by atoms with E-state index in [0.29, 0.717) is 10.7 Å². The third-order valence-electron chi connectivity index (χ3n) is 4.53. The maximum Gasteiger partial charge on any atom is 0.573 e. The molecular formula is C17H19F3N4O2S. The van der Waals surface area contributed by atoms with Crippen molar-refractivity contribution in [2.75, 3.05) is 18.4 Å². The van der Waals surface area contributed by atoms with E-state index in [-0.39, 0.29) is 24.2 Å². The summed E-state index contributed by atoms with van der Waals surface area (Å²) >= 11 is 1.35. The topological polar surface area (TPSA) is 75.9 Å². The van der Waals surface area contributed by atoms with Crippen molar-refractivity contribution in [2.45, 2.75) is 37.7 Å². The average Bonchev–Trinajstić information content (AvgIpc) is 3.20. The summed E-state index contributed by atoms with van der Waals surface area (Å²) in [6.07, 6.45) is -1.27. The highest BCUT2D eigenvalue weighted by atomic mass is 32.1. The summed E-state index contributed by atoms with van der Waals surface area (Å²) in [6, 6.07) is 6.12. The summed E-state index contributed by atoms with van der Waals surface area (Å²) in [5.41, 5.74) is 6.53. The number of rotatable bonds is 5. The van der Waals surface area contributed by atoms with Crippen molar-refractivity contribution in [1.82, 2.24) is 9.88 Å². The second kappa shape index (κ2) is 7.27. The highest BCUT2D eigenvalue weighted by Gasteiger charge is 2.45. The zero-order valence-electron chi connectivity index (χ0n) is 14.3. The van der Waals surface area contributed by atoms with Crippen LogP contribution in [0.25, 0.3) is 10.4 Å². The normalized spacial score (nSPS) is 24.0. The molecular weight excluding hydrogens is 381 g/mol. The van der Waals surface area contributed by atoms with Gasteiger partial charge in [-0.3, -0.25) is 4.90 Å². The van der Waals surface area contributed by atoms with E-state index in [9.17, 15) is 13.2 Å². The monoisotopic (exact) mass is 400 g/mol. The van der Waals surface area contributed by atoms with Crippen molar-refractivity contribution in [1.29, 1.82) is 0 Å². The van der Waals surface area contributed by atoms with Crippen molar-refractivity contribution >= 4 is 16.5 Å². The van der Waals surface area contributed by atoms with Crippen LogP contribution in [0.3, 0.4) is 0 Å². The summed E-state index contributed by atoms with van der Waals surface area (Å²) in [5.74, 6) is -0.253. The lowest BCUT2D eigenvalue weighted by atomic mass is 10.1. The molecule has 27 heavy (non-hydrogen) atoms. The van der Waals surface area contributed by atoms with Gasteiger partial charge >= 0.3 is 6.36 Å². The highest BCUT2D eigenvalue weighted by Crippen LogP contribution is 2.35. The Kier molecular flexibility index (Phi) is 4.97. The lowest BCUT2D eigenvalue weighted by molar-refractivity contribution is -0.274. The van der Waals surface area contributed by atoms with Gasteiger partial charge < -0.3 is 20.5 Å². The summed E-state index contributed by atoms with van der Waals surface area (Å²) in [6.45, 7) is 1.83. The molecule has 0 amide bonds. The molecule has 2 aromatic rings. The third kappa shape index (κ3) is 4.70. The van der Waals surface area contributed by atoms with Crippen LogP contribution < -0.4 is 15.8 Å². The summed E-state index contributed by atoms with van der Waals surface area (Å²) in [5, 5.41) is 3.88. The van der Waals surface area contributed by atoms with Crippen LogP contribution >= 0.6 is 11.3 Å². The third-order valence-corrected chi connectivity index (χ3v) is 5.50. The maximum absolute atomic E-state index is 12.4. The van der Waals surface area contributed by atoms with Crippen LogP contribution in [0.5, 0.6) is 5.75 Å². The quantitative estimate of drug-likeness (QED) is 0.751. The first kappa shape index (κ1) is 18.5. The molecule has 2 aliphatic heterocycles. The molecule has 3 N–H and O–H groups in total. The molecule has 4 rings (SSSR count). The van der Waals surface area contributed by atoms with E-state index in [4.69, 9.17) is 10.5 Å². The molecule has 2 atom stereocenters. The smallest absolute Gasteiger partial charge is 0.406 e. The van der Waals surface area contributed by atoms with Crippen LogP contribution in [0.2, 0.25) is 0 Å². The maximum atomic E-state index is 12.4. The number of nitrogens with two attached hydrogens (primary N) is 1. The SMILES string of the molecule is NC1CCN(C2OC2Nc2ncc(-c3cccc(OC(F)(F)F)c3)s2)CC1. The van der Waals surface area contributed by atoms with Crippen LogP contribution in [0.4, 0.5) is 18.3 Å². The van der Waals surface area contributed by atoms with Crippen molar-refractivity contribution in [3.05, 3.63) is 30.5 Å². The van der Waals surface area contributed by atoms with Crippen molar-refractivity contribution in [3.8, 4) is 16.2 Å². The van der Waals surface area contributed by atoms with E-state index < -0.39 is 6.36 Å². The molecule has 1 aromatic heterocycles. The van der Waals surface area contributed by atoms with E-state index in [1.54, 1.807) is 12.3 Å². The number of epoxide rings is 1. The molecule has 6 nitrogen and oxygen atoms in total. The highest BCUT2D eigenvalue weighted by molar-refractivity contribution is 7.18. The number of thiazole rings is 1. The van der Waals surface area contributed by atoms with E-state index in [0.717, 1.165) is 30.8 Å². The molecule has 0 radical (unpaired) electrons. The van der Waals surface area contributed by atoms with Gasteiger partial charge in [0.1, 0.15) is 5.75 Å². The number of ether oxygens (including phenoxy) is 2. The Morgan fingerprint density at radius 2 is 2.07 bits per heavy atom. The van der Waals surface area contributed by atoms with Gasteiger partial charge in [-0.15, -0.1) is 13.2 Å². The first-order chi connectivity index (χ1) is 12.9. The first-order valence-electron chi connectivity index (χ1n) is 8.61. The molecule has 0 saturated carbocycles. The van der Waals surface area contributed by atoms with Gasteiger partial charge in [0.05, 0.1) is 4.88 Å². The Morgan fingerprint density at radius 1 is 1.30 bits per heavy atom. The number of hydrogen-bond acceptors (Lipinski definition) is 7. The second-order valence-electron chi connectivity index (χ2n) is 6.57. The Bertz CT molecular complexity index is 792. The number of alkyl halides is 3. The molecule has 0 bridgehead atoms. The van der Waals surface area contributed by atoms with E-state index in [1.165, 1.54) is 29.5 Å². The fraction of sp³-hybridized carbons (Fsp3) is 0.471. The van der Waals surface area contributed by atoms with E-state index in [1.807, 2.05) is 0 Å². The van der Waals surface area contributed by atoms with Gasteiger partial charge in [-0.1, -0.05) is 23.5 Å². The lowest BCUT2D eigenvalue weighted by Gasteiger charge is -2.28.